The van der Waals surface area contributed by atoms with Gasteiger partial charge in [-0.05, 0) is 36.8 Å². The van der Waals surface area contributed by atoms with Crippen molar-refractivity contribution in [2.45, 2.75) is 6.92 Å². The van der Waals surface area contributed by atoms with E-state index in [0.717, 1.165) is 5.56 Å². The third-order valence-electron chi connectivity index (χ3n) is 2.92. The summed E-state index contributed by atoms with van der Waals surface area (Å²) in [5.74, 6) is -1.25. The maximum atomic E-state index is 12.0. The average Bonchev–Trinajstić information content (AvgIpc) is 2.46. The summed E-state index contributed by atoms with van der Waals surface area (Å²) in [6, 6.07) is 16.4. The van der Waals surface area contributed by atoms with Gasteiger partial charge in [0, 0.05) is 18.4 Å². The molecule has 102 valence electrons. The van der Waals surface area contributed by atoms with Crippen molar-refractivity contribution in [2.24, 2.45) is 0 Å². The van der Waals surface area contributed by atoms with E-state index >= 15 is 0 Å². The largest absolute Gasteiger partial charge is 0.318 e. The molecule has 0 saturated carbocycles. The number of amides is 2. The Morgan fingerprint density at radius 2 is 1.70 bits per heavy atom. The lowest BCUT2D eigenvalue weighted by atomic mass is 10.2. The minimum Gasteiger partial charge on any atom is -0.318 e. The summed E-state index contributed by atoms with van der Waals surface area (Å²) in [7, 11) is 1.58. The molecule has 4 heteroatoms. The van der Waals surface area contributed by atoms with E-state index in [-0.39, 0.29) is 0 Å². The van der Waals surface area contributed by atoms with Gasteiger partial charge in [-0.25, -0.2) is 0 Å². The van der Waals surface area contributed by atoms with Gasteiger partial charge in [0.1, 0.15) is 0 Å². The molecule has 1 N–H and O–H groups in total. The number of carbonyl (C=O) groups excluding carboxylic acids is 2. The maximum Gasteiger partial charge on any atom is 0.316 e. The molecule has 2 amide bonds. The zero-order valence-electron chi connectivity index (χ0n) is 11.5. The molecule has 0 heterocycles. The average molecular weight is 268 g/mol. The van der Waals surface area contributed by atoms with E-state index in [0.29, 0.717) is 11.4 Å². The lowest BCUT2D eigenvalue weighted by Crippen LogP contribution is -2.37. The van der Waals surface area contributed by atoms with Crippen LogP contribution in [-0.4, -0.2) is 18.9 Å². The van der Waals surface area contributed by atoms with Gasteiger partial charge in [-0.2, -0.15) is 0 Å². The lowest BCUT2D eigenvalue weighted by Gasteiger charge is -2.16. The Balaban J connectivity index is 2.08. The second kappa shape index (κ2) is 6.02. The second-order valence-electron chi connectivity index (χ2n) is 4.52. The molecular weight excluding hydrogens is 252 g/mol. The number of benzene rings is 2. The highest BCUT2D eigenvalue weighted by Gasteiger charge is 2.19. The molecule has 0 fully saturated rings. The van der Waals surface area contributed by atoms with Crippen LogP contribution in [0.1, 0.15) is 5.56 Å². The molecule has 0 aliphatic heterocycles. The molecule has 0 aliphatic carbocycles. The molecule has 0 atom stereocenters. The van der Waals surface area contributed by atoms with Crippen LogP contribution in [0.5, 0.6) is 0 Å². The van der Waals surface area contributed by atoms with Crippen molar-refractivity contribution in [3.63, 3.8) is 0 Å². The summed E-state index contributed by atoms with van der Waals surface area (Å²) < 4.78 is 0. The summed E-state index contributed by atoms with van der Waals surface area (Å²) in [6.45, 7) is 1.92. The fourth-order valence-corrected chi connectivity index (χ4v) is 1.83. The summed E-state index contributed by atoms with van der Waals surface area (Å²) in [5.41, 5.74) is 2.31. The van der Waals surface area contributed by atoms with Gasteiger partial charge >= 0.3 is 11.8 Å². The van der Waals surface area contributed by atoms with Gasteiger partial charge in [0.2, 0.25) is 0 Å². The number of nitrogens with zero attached hydrogens (tertiary/aromatic N) is 1. The van der Waals surface area contributed by atoms with E-state index in [4.69, 9.17) is 0 Å². The number of carbonyl (C=O) groups is 2. The molecule has 0 saturated heterocycles. The Morgan fingerprint density at radius 1 is 1.00 bits per heavy atom. The minimum atomic E-state index is -0.651. The van der Waals surface area contributed by atoms with Gasteiger partial charge in [0.25, 0.3) is 0 Å². The Morgan fingerprint density at radius 3 is 2.35 bits per heavy atom. The van der Waals surface area contributed by atoms with Crippen LogP contribution in [0.4, 0.5) is 11.4 Å². The first-order valence-electron chi connectivity index (χ1n) is 6.28. The van der Waals surface area contributed by atoms with Crippen molar-refractivity contribution < 1.29 is 9.59 Å². The number of rotatable bonds is 2. The summed E-state index contributed by atoms with van der Waals surface area (Å²) in [4.78, 5) is 25.3. The van der Waals surface area contributed by atoms with Crippen LogP contribution >= 0.6 is 0 Å². The first kappa shape index (κ1) is 13.8. The Bertz CT molecular complexity index is 623. The SMILES string of the molecule is Cc1cccc(NC(=O)C(=O)N(C)c2ccccc2)c1. The van der Waals surface area contributed by atoms with Crippen LogP contribution in [0, 0.1) is 6.92 Å². The number of para-hydroxylation sites is 1. The van der Waals surface area contributed by atoms with E-state index in [1.165, 1.54) is 4.90 Å². The Labute approximate surface area is 118 Å². The smallest absolute Gasteiger partial charge is 0.316 e. The highest BCUT2D eigenvalue weighted by atomic mass is 16.2. The Hall–Kier alpha value is -2.62. The van der Waals surface area contributed by atoms with E-state index in [2.05, 4.69) is 5.32 Å². The fourth-order valence-electron chi connectivity index (χ4n) is 1.83. The van der Waals surface area contributed by atoms with Gasteiger partial charge in [0.15, 0.2) is 0 Å². The monoisotopic (exact) mass is 268 g/mol. The van der Waals surface area contributed by atoms with Crippen molar-refractivity contribution in [3.05, 3.63) is 60.2 Å². The first-order valence-corrected chi connectivity index (χ1v) is 6.28. The lowest BCUT2D eigenvalue weighted by molar-refractivity contribution is -0.134. The van der Waals surface area contributed by atoms with Crippen LogP contribution < -0.4 is 10.2 Å². The highest BCUT2D eigenvalue weighted by molar-refractivity contribution is 6.44. The maximum absolute atomic E-state index is 12.0. The van der Waals surface area contributed by atoms with Crippen molar-refractivity contribution in [1.82, 2.24) is 0 Å². The minimum absolute atomic E-state index is 0.599. The topological polar surface area (TPSA) is 49.4 Å². The van der Waals surface area contributed by atoms with E-state index in [1.807, 2.05) is 43.3 Å². The fraction of sp³-hybridized carbons (Fsp3) is 0.125. The quantitative estimate of drug-likeness (QED) is 0.851. The van der Waals surface area contributed by atoms with Gasteiger partial charge in [-0.3, -0.25) is 9.59 Å². The molecular formula is C16H16N2O2. The second-order valence-corrected chi connectivity index (χ2v) is 4.52. The van der Waals surface area contributed by atoms with Crippen LogP contribution in [0.2, 0.25) is 0 Å². The zero-order valence-corrected chi connectivity index (χ0v) is 11.5. The molecule has 0 aliphatic rings. The molecule has 2 aromatic carbocycles. The van der Waals surface area contributed by atoms with Crippen molar-refractivity contribution in [2.75, 3.05) is 17.3 Å². The molecule has 0 aromatic heterocycles. The Kier molecular flexibility index (Phi) is 4.15. The number of aryl methyl sites for hydroxylation is 1. The van der Waals surface area contributed by atoms with Crippen LogP contribution in [0.25, 0.3) is 0 Å². The number of hydrogen-bond acceptors (Lipinski definition) is 2. The number of hydrogen-bond donors (Lipinski definition) is 1. The predicted molar refractivity (Wildman–Crippen MR) is 79.7 cm³/mol. The van der Waals surface area contributed by atoms with Crippen molar-refractivity contribution in [1.29, 1.82) is 0 Å². The van der Waals surface area contributed by atoms with E-state index in [1.54, 1.807) is 25.2 Å². The van der Waals surface area contributed by atoms with Crippen LogP contribution in [0.15, 0.2) is 54.6 Å². The van der Waals surface area contributed by atoms with Gasteiger partial charge in [0.05, 0.1) is 0 Å². The highest BCUT2D eigenvalue weighted by Crippen LogP contribution is 2.13. The molecule has 0 bridgehead atoms. The molecule has 4 nitrogen and oxygen atoms in total. The molecule has 0 unspecified atom stereocenters. The van der Waals surface area contributed by atoms with E-state index in [9.17, 15) is 9.59 Å². The standard InChI is InChI=1S/C16H16N2O2/c1-12-7-6-8-13(11-12)17-15(19)16(20)18(2)14-9-4-3-5-10-14/h3-11H,1-2H3,(H,17,19). The van der Waals surface area contributed by atoms with E-state index < -0.39 is 11.8 Å². The van der Waals surface area contributed by atoms with Crippen molar-refractivity contribution >= 4 is 23.2 Å². The summed E-state index contributed by atoms with van der Waals surface area (Å²) >= 11 is 0. The number of anilines is 2. The number of nitrogens with one attached hydrogen (secondary N) is 1. The molecule has 0 radical (unpaired) electrons. The van der Waals surface area contributed by atoms with Gasteiger partial charge in [-0.15, -0.1) is 0 Å². The van der Waals surface area contributed by atoms with Crippen LogP contribution in [-0.2, 0) is 9.59 Å². The predicted octanol–water partition coefficient (Wildman–Crippen LogP) is 2.60. The zero-order chi connectivity index (χ0) is 14.5. The molecule has 2 rings (SSSR count). The third kappa shape index (κ3) is 3.23. The number of likely N-dealkylation sites (N-methyl/N-ethyl adjacent to an activating group) is 1. The van der Waals surface area contributed by atoms with Crippen LogP contribution in [0.3, 0.4) is 0 Å². The third-order valence-corrected chi connectivity index (χ3v) is 2.92. The molecule has 0 spiro atoms. The summed E-state index contributed by atoms with van der Waals surface area (Å²) in [6.07, 6.45) is 0. The molecule has 20 heavy (non-hydrogen) atoms. The molecule has 2 aromatic rings. The van der Waals surface area contributed by atoms with Gasteiger partial charge < -0.3 is 10.2 Å². The summed E-state index contributed by atoms with van der Waals surface area (Å²) in [5, 5.41) is 2.60. The first-order chi connectivity index (χ1) is 9.58. The van der Waals surface area contributed by atoms with Crippen molar-refractivity contribution in [3.8, 4) is 0 Å². The normalized spacial score (nSPS) is 9.90. The van der Waals surface area contributed by atoms with Gasteiger partial charge in [-0.1, -0.05) is 30.3 Å².